The van der Waals surface area contributed by atoms with Crippen molar-refractivity contribution in [3.05, 3.63) is 29.8 Å². The van der Waals surface area contributed by atoms with Crippen molar-refractivity contribution in [1.82, 2.24) is 5.32 Å². The monoisotopic (exact) mass is 248 g/mol. The third-order valence-electron chi connectivity index (χ3n) is 3.02. The molecule has 0 saturated heterocycles. The molecule has 2 N–H and O–H groups in total. The summed E-state index contributed by atoms with van der Waals surface area (Å²) in [6, 6.07) is 7.56. The van der Waals surface area contributed by atoms with Crippen molar-refractivity contribution < 1.29 is 14.7 Å². The van der Waals surface area contributed by atoms with Gasteiger partial charge in [-0.05, 0) is 25.0 Å². The van der Waals surface area contributed by atoms with Crippen molar-refractivity contribution >= 4 is 17.5 Å². The van der Waals surface area contributed by atoms with E-state index in [-0.39, 0.29) is 19.2 Å². The molecule has 2 rings (SSSR count). The lowest BCUT2D eigenvalue weighted by Gasteiger charge is -2.21. The normalized spacial score (nSPS) is 17.4. The molecule has 0 radical (unpaired) electrons. The van der Waals surface area contributed by atoms with Crippen LogP contribution in [0.4, 0.5) is 5.69 Å². The van der Waals surface area contributed by atoms with E-state index in [2.05, 4.69) is 5.32 Å². The van der Waals surface area contributed by atoms with Crippen molar-refractivity contribution in [2.75, 3.05) is 18.1 Å². The van der Waals surface area contributed by atoms with Gasteiger partial charge < -0.3 is 15.3 Å². The van der Waals surface area contributed by atoms with Crippen molar-refractivity contribution in [3.63, 3.8) is 0 Å². The number of fused-ring (bicyclic) bond motifs is 1. The summed E-state index contributed by atoms with van der Waals surface area (Å²) in [6.07, 6.45) is 0.759. The molecule has 5 heteroatoms. The molecule has 0 saturated carbocycles. The lowest BCUT2D eigenvalue weighted by molar-refractivity contribution is -0.137. The minimum atomic E-state index is -0.674. The van der Waals surface area contributed by atoms with Crippen molar-refractivity contribution in [1.29, 1.82) is 0 Å². The summed E-state index contributed by atoms with van der Waals surface area (Å²) in [6.45, 7) is 1.83. The summed E-state index contributed by atoms with van der Waals surface area (Å²) < 4.78 is 0. The fourth-order valence-electron chi connectivity index (χ4n) is 2.23. The summed E-state index contributed by atoms with van der Waals surface area (Å²) in [5.41, 5.74) is 1.88. The van der Waals surface area contributed by atoms with Crippen LogP contribution < -0.4 is 10.2 Å². The Morgan fingerprint density at radius 2 is 2.17 bits per heavy atom. The highest BCUT2D eigenvalue weighted by Gasteiger charge is 2.33. The molecule has 1 aromatic carbocycles. The maximum absolute atomic E-state index is 12.1. The van der Waals surface area contributed by atoms with E-state index in [9.17, 15) is 9.59 Å². The second-order valence-electron chi connectivity index (χ2n) is 4.34. The number of anilines is 1. The van der Waals surface area contributed by atoms with Crippen LogP contribution in [0.5, 0.6) is 0 Å². The molecule has 0 aliphatic carbocycles. The predicted molar refractivity (Wildman–Crippen MR) is 67.2 cm³/mol. The molecule has 1 heterocycles. The highest BCUT2D eigenvalue weighted by Crippen LogP contribution is 2.31. The first-order valence-electron chi connectivity index (χ1n) is 5.95. The molecule has 0 aromatic heterocycles. The van der Waals surface area contributed by atoms with Crippen molar-refractivity contribution in [2.24, 2.45) is 0 Å². The van der Waals surface area contributed by atoms with E-state index in [4.69, 9.17) is 5.11 Å². The number of hydrogen-bond acceptors (Lipinski definition) is 3. The van der Waals surface area contributed by atoms with Crippen LogP contribution in [0.3, 0.4) is 0 Å². The number of nitrogens with one attached hydrogen (secondary N) is 1. The molecule has 0 bridgehead atoms. The molecule has 1 unspecified atom stereocenters. The van der Waals surface area contributed by atoms with Crippen LogP contribution in [0.25, 0.3) is 0 Å². The number of carbonyl (C=O) groups is 2. The van der Waals surface area contributed by atoms with Crippen LogP contribution in [0.1, 0.15) is 12.5 Å². The summed E-state index contributed by atoms with van der Waals surface area (Å²) in [4.78, 5) is 25.2. The predicted octanol–water partition coefficient (Wildman–Crippen LogP) is 0.0727. The quantitative estimate of drug-likeness (QED) is 0.728. The number of para-hydroxylation sites is 1. The average molecular weight is 248 g/mol. The van der Waals surface area contributed by atoms with E-state index < -0.39 is 11.8 Å². The van der Waals surface area contributed by atoms with E-state index in [1.165, 1.54) is 4.90 Å². The molecule has 1 aromatic rings. The second-order valence-corrected chi connectivity index (χ2v) is 4.34. The molecular formula is C13H16N2O3. The van der Waals surface area contributed by atoms with E-state index in [1.54, 1.807) is 0 Å². The number of carbonyl (C=O) groups excluding carboxylic acids is 2. The highest BCUT2D eigenvalue weighted by molar-refractivity contribution is 6.40. The van der Waals surface area contributed by atoms with E-state index in [0.29, 0.717) is 0 Å². The average Bonchev–Trinajstić information content (AvgIpc) is 2.70. The molecule has 0 spiro atoms. The maximum atomic E-state index is 12.1. The first-order chi connectivity index (χ1) is 8.65. The zero-order valence-electron chi connectivity index (χ0n) is 10.2. The summed E-state index contributed by atoms with van der Waals surface area (Å²) >= 11 is 0. The lowest BCUT2D eigenvalue weighted by atomic mass is 10.1. The number of nitrogens with zero attached hydrogens (tertiary/aromatic N) is 1. The van der Waals surface area contributed by atoms with Crippen molar-refractivity contribution in [2.45, 2.75) is 19.4 Å². The van der Waals surface area contributed by atoms with Crippen LogP contribution in [0.2, 0.25) is 0 Å². The Morgan fingerprint density at radius 1 is 1.44 bits per heavy atom. The van der Waals surface area contributed by atoms with Gasteiger partial charge in [-0.2, -0.15) is 0 Å². The van der Waals surface area contributed by atoms with Gasteiger partial charge in [0.1, 0.15) is 0 Å². The molecule has 0 fully saturated rings. The number of hydrogen-bond donors (Lipinski definition) is 2. The van der Waals surface area contributed by atoms with Gasteiger partial charge in [-0.1, -0.05) is 18.2 Å². The summed E-state index contributed by atoms with van der Waals surface area (Å²) in [7, 11) is 0. The minimum Gasteiger partial charge on any atom is -0.395 e. The van der Waals surface area contributed by atoms with Crippen LogP contribution in [0.15, 0.2) is 24.3 Å². The smallest absolute Gasteiger partial charge is 0.316 e. The first-order valence-corrected chi connectivity index (χ1v) is 5.95. The minimum absolute atomic E-state index is 0.0187. The molecule has 1 aliphatic rings. The van der Waals surface area contributed by atoms with Crippen LogP contribution in [-0.4, -0.2) is 36.1 Å². The van der Waals surface area contributed by atoms with Crippen LogP contribution in [-0.2, 0) is 16.0 Å². The lowest BCUT2D eigenvalue weighted by Crippen LogP contribution is -2.46. The second kappa shape index (κ2) is 5.18. The number of aliphatic hydroxyl groups excluding tert-OH is 1. The van der Waals surface area contributed by atoms with Crippen LogP contribution in [0, 0.1) is 0 Å². The zero-order chi connectivity index (χ0) is 13.1. The molecule has 1 aliphatic heterocycles. The zero-order valence-corrected chi connectivity index (χ0v) is 10.2. The topological polar surface area (TPSA) is 69.6 Å². The molecular weight excluding hydrogens is 232 g/mol. The van der Waals surface area contributed by atoms with Gasteiger partial charge in [0.25, 0.3) is 0 Å². The van der Waals surface area contributed by atoms with E-state index in [0.717, 1.165) is 17.7 Å². The Hall–Kier alpha value is -1.88. The Morgan fingerprint density at radius 3 is 2.89 bits per heavy atom. The largest absolute Gasteiger partial charge is 0.395 e. The molecule has 5 nitrogen and oxygen atoms in total. The third-order valence-corrected chi connectivity index (χ3v) is 3.02. The Kier molecular flexibility index (Phi) is 3.62. The van der Waals surface area contributed by atoms with Gasteiger partial charge in [-0.25, -0.2) is 0 Å². The van der Waals surface area contributed by atoms with Crippen molar-refractivity contribution in [3.8, 4) is 0 Å². The molecule has 2 amide bonds. The summed E-state index contributed by atoms with van der Waals surface area (Å²) in [5.74, 6) is -1.24. The summed E-state index contributed by atoms with van der Waals surface area (Å²) in [5, 5.41) is 11.0. The Balaban J connectivity index is 2.18. The Labute approximate surface area is 105 Å². The highest BCUT2D eigenvalue weighted by atomic mass is 16.3. The van der Waals surface area contributed by atoms with Gasteiger partial charge in [-0.15, -0.1) is 0 Å². The van der Waals surface area contributed by atoms with Gasteiger partial charge in [0.05, 0.1) is 6.61 Å². The fourth-order valence-corrected chi connectivity index (χ4v) is 2.23. The molecule has 18 heavy (non-hydrogen) atoms. The standard InChI is InChI=1S/C13H16N2O3/c1-9-8-10-4-2-3-5-11(10)15(9)13(18)12(17)14-6-7-16/h2-5,9,16H,6-8H2,1H3,(H,14,17). The van der Waals surface area contributed by atoms with E-state index in [1.807, 2.05) is 31.2 Å². The first kappa shape index (κ1) is 12.6. The van der Waals surface area contributed by atoms with E-state index >= 15 is 0 Å². The van der Waals surface area contributed by atoms with Gasteiger partial charge in [0.2, 0.25) is 0 Å². The molecule has 1 atom stereocenters. The number of amides is 2. The van der Waals surface area contributed by atoms with Gasteiger partial charge in [-0.3, -0.25) is 9.59 Å². The Bertz CT molecular complexity index is 473. The third kappa shape index (κ3) is 2.22. The van der Waals surface area contributed by atoms with Crippen LogP contribution >= 0.6 is 0 Å². The molecule has 96 valence electrons. The SMILES string of the molecule is CC1Cc2ccccc2N1C(=O)C(=O)NCCO. The number of benzene rings is 1. The number of rotatable bonds is 2. The van der Waals surface area contributed by atoms with Gasteiger partial charge in [0.15, 0.2) is 0 Å². The van der Waals surface area contributed by atoms with Gasteiger partial charge in [0, 0.05) is 18.3 Å². The fraction of sp³-hybridized carbons (Fsp3) is 0.385. The maximum Gasteiger partial charge on any atom is 0.316 e. The van der Waals surface area contributed by atoms with Gasteiger partial charge >= 0.3 is 11.8 Å². The number of aliphatic hydroxyl groups is 1.